The molecular weight excluding hydrogens is 1260 g/mol. The average molecular weight is 1410 g/mol. The molecule has 19 heteroatoms. The molecule has 0 fully saturated rings. The topological polar surface area (TPSA) is 237 Å². The highest BCUT2D eigenvalue weighted by molar-refractivity contribution is 7.47. The number of phosphoric acid groups is 2. The van der Waals surface area contributed by atoms with Crippen molar-refractivity contribution in [1.29, 1.82) is 0 Å². The van der Waals surface area contributed by atoms with Gasteiger partial charge in [0.15, 0.2) is 12.2 Å². The molecule has 0 aliphatic carbocycles. The highest BCUT2D eigenvalue weighted by Gasteiger charge is 2.30. The Morgan fingerprint density at radius 3 is 0.646 bits per heavy atom. The lowest BCUT2D eigenvalue weighted by molar-refractivity contribution is -0.161. The van der Waals surface area contributed by atoms with Crippen molar-refractivity contribution in [2.75, 3.05) is 39.6 Å². The van der Waals surface area contributed by atoms with E-state index in [1.165, 1.54) is 193 Å². The number of esters is 4. The van der Waals surface area contributed by atoms with E-state index in [-0.39, 0.29) is 25.7 Å². The molecule has 0 aromatic carbocycles. The highest BCUT2D eigenvalue weighted by Crippen LogP contribution is 2.45. The quantitative estimate of drug-likeness (QED) is 0.0222. The molecule has 0 amide bonds. The summed E-state index contributed by atoms with van der Waals surface area (Å²) in [5.41, 5.74) is 0. The number of aliphatic hydroxyl groups is 1. The van der Waals surface area contributed by atoms with Gasteiger partial charge in [-0.15, -0.1) is 0 Å². The third-order valence-corrected chi connectivity index (χ3v) is 19.7. The normalized spacial score (nSPS) is 14.1. The van der Waals surface area contributed by atoms with Crippen LogP contribution in [0.25, 0.3) is 0 Å². The summed E-state index contributed by atoms with van der Waals surface area (Å²) in [5.74, 6) is 0.891. The molecule has 17 nitrogen and oxygen atoms in total. The Hall–Kier alpha value is -1.94. The zero-order chi connectivity index (χ0) is 71.0. The number of ether oxygens (including phenoxy) is 4. The van der Waals surface area contributed by atoms with Crippen molar-refractivity contribution in [2.45, 2.75) is 408 Å². The van der Waals surface area contributed by atoms with Crippen LogP contribution in [0.1, 0.15) is 389 Å². The monoisotopic (exact) mass is 1410 g/mol. The molecule has 96 heavy (non-hydrogen) atoms. The van der Waals surface area contributed by atoms with Crippen LogP contribution in [0, 0.1) is 23.7 Å². The van der Waals surface area contributed by atoms with Crippen LogP contribution in [0.2, 0.25) is 0 Å². The van der Waals surface area contributed by atoms with Crippen LogP contribution in [-0.4, -0.2) is 96.7 Å². The van der Waals surface area contributed by atoms with Gasteiger partial charge < -0.3 is 33.8 Å². The number of carbonyl (C=O) groups is 4. The van der Waals surface area contributed by atoms with Crippen molar-refractivity contribution < 1.29 is 80.2 Å². The fraction of sp³-hybridized carbons (Fsp3) is 0.948. The van der Waals surface area contributed by atoms with Crippen molar-refractivity contribution in [2.24, 2.45) is 23.7 Å². The molecule has 0 bridgehead atoms. The lowest BCUT2D eigenvalue weighted by Gasteiger charge is -2.21. The third-order valence-electron chi connectivity index (χ3n) is 17.8. The zero-order valence-electron chi connectivity index (χ0n) is 63.0. The molecule has 0 saturated heterocycles. The van der Waals surface area contributed by atoms with Gasteiger partial charge >= 0.3 is 39.5 Å². The van der Waals surface area contributed by atoms with E-state index in [1.807, 2.05) is 0 Å². The summed E-state index contributed by atoms with van der Waals surface area (Å²) in [6.45, 7) is 14.1. The minimum atomic E-state index is -4.96. The molecule has 0 spiro atoms. The van der Waals surface area contributed by atoms with Crippen LogP contribution >= 0.6 is 15.6 Å². The zero-order valence-corrected chi connectivity index (χ0v) is 64.8. The summed E-state index contributed by atoms with van der Waals surface area (Å²) in [6, 6.07) is 0. The molecule has 0 aliphatic heterocycles. The van der Waals surface area contributed by atoms with E-state index in [0.29, 0.717) is 31.6 Å². The van der Waals surface area contributed by atoms with Crippen LogP contribution in [-0.2, 0) is 65.4 Å². The lowest BCUT2D eigenvalue weighted by Crippen LogP contribution is -2.30. The fourth-order valence-electron chi connectivity index (χ4n) is 11.7. The lowest BCUT2D eigenvalue weighted by atomic mass is 10.0. The molecule has 3 unspecified atom stereocenters. The molecule has 0 rings (SSSR count). The maximum absolute atomic E-state index is 13.1. The molecular formula is C77H150O17P2. The van der Waals surface area contributed by atoms with Crippen LogP contribution < -0.4 is 0 Å². The summed E-state index contributed by atoms with van der Waals surface area (Å²) >= 11 is 0. The molecule has 0 saturated carbocycles. The van der Waals surface area contributed by atoms with E-state index in [1.54, 1.807) is 0 Å². The number of carbonyl (C=O) groups excluding carboxylic acids is 4. The van der Waals surface area contributed by atoms with Gasteiger partial charge in [-0.1, -0.05) is 338 Å². The van der Waals surface area contributed by atoms with Gasteiger partial charge in [0.05, 0.1) is 26.4 Å². The number of aliphatic hydroxyl groups excluding tert-OH is 1. The molecule has 0 aromatic rings. The largest absolute Gasteiger partial charge is 0.472 e. The van der Waals surface area contributed by atoms with Crippen LogP contribution in [0.5, 0.6) is 0 Å². The highest BCUT2D eigenvalue weighted by atomic mass is 31.2. The summed E-state index contributed by atoms with van der Waals surface area (Å²) in [5, 5.41) is 10.6. The van der Waals surface area contributed by atoms with Gasteiger partial charge in [0.2, 0.25) is 0 Å². The van der Waals surface area contributed by atoms with E-state index >= 15 is 0 Å². The Morgan fingerprint density at radius 1 is 0.260 bits per heavy atom. The minimum absolute atomic E-state index is 0.103. The van der Waals surface area contributed by atoms with Crippen molar-refractivity contribution in [3.8, 4) is 0 Å². The van der Waals surface area contributed by atoms with Crippen LogP contribution in [0.15, 0.2) is 0 Å². The summed E-state index contributed by atoms with van der Waals surface area (Å²) in [7, 11) is -9.91. The first-order chi connectivity index (χ1) is 46.1. The molecule has 5 atom stereocenters. The van der Waals surface area contributed by atoms with E-state index in [2.05, 4.69) is 55.4 Å². The van der Waals surface area contributed by atoms with E-state index in [4.69, 9.17) is 37.0 Å². The van der Waals surface area contributed by atoms with Gasteiger partial charge in [0.25, 0.3) is 0 Å². The Morgan fingerprint density at radius 2 is 0.438 bits per heavy atom. The van der Waals surface area contributed by atoms with Gasteiger partial charge in [-0.2, -0.15) is 0 Å². The molecule has 0 radical (unpaired) electrons. The molecule has 0 aliphatic rings. The summed E-state index contributed by atoms with van der Waals surface area (Å²) in [4.78, 5) is 72.8. The number of phosphoric ester groups is 2. The molecule has 0 aromatic heterocycles. The van der Waals surface area contributed by atoms with E-state index < -0.39 is 97.5 Å². The first-order valence-electron chi connectivity index (χ1n) is 39.7. The van der Waals surface area contributed by atoms with Crippen molar-refractivity contribution in [1.82, 2.24) is 0 Å². The minimum Gasteiger partial charge on any atom is -0.462 e. The van der Waals surface area contributed by atoms with Gasteiger partial charge in [-0.3, -0.25) is 37.3 Å². The first kappa shape index (κ1) is 94.1. The van der Waals surface area contributed by atoms with Crippen molar-refractivity contribution >= 4 is 39.5 Å². The predicted octanol–water partition coefficient (Wildman–Crippen LogP) is 22.4. The van der Waals surface area contributed by atoms with Gasteiger partial charge in [-0.05, 0) is 49.4 Å². The standard InChI is InChI=1S/C77H150O17P2/c1-67(2)53-45-37-29-22-18-15-13-11-9-10-12-14-16-20-25-35-43-51-59-76(81)93-72(63-87-74(79)57-49-41-33-24-21-17-19-23-30-38-46-54-68(3)4)65-91-95(83,84)89-61-71(78)62-90-96(85,86)92-66-73(94-77(82)60-52-44-36-28-32-40-48-56-70(7)8)64-88-75(80)58-50-42-34-27-26-31-39-47-55-69(5)6/h67-73,78H,9-66H2,1-8H3,(H,83,84)(H,85,86)/t71?,72-,73-/m1/s1. The number of unbranched alkanes of at least 4 members (excludes halogenated alkanes) is 40. The Labute approximate surface area is 588 Å². The second-order valence-corrected chi connectivity index (χ2v) is 32.6. The molecule has 570 valence electrons. The fourth-order valence-corrected chi connectivity index (χ4v) is 13.3. The second kappa shape index (κ2) is 66.3. The number of rotatable bonds is 74. The Balaban J connectivity index is 5.20. The van der Waals surface area contributed by atoms with Crippen LogP contribution in [0.3, 0.4) is 0 Å². The Kier molecular flexibility index (Phi) is 65.0. The van der Waals surface area contributed by atoms with E-state index in [9.17, 15) is 43.2 Å². The van der Waals surface area contributed by atoms with Gasteiger partial charge in [0.1, 0.15) is 19.3 Å². The third kappa shape index (κ3) is 70.5. The molecule has 0 heterocycles. The van der Waals surface area contributed by atoms with Crippen molar-refractivity contribution in [3.63, 3.8) is 0 Å². The molecule has 3 N–H and O–H groups in total. The maximum atomic E-state index is 13.1. The number of hydrogen-bond acceptors (Lipinski definition) is 15. The SMILES string of the molecule is CC(C)CCCCCCCCCCCCCCCCCCCCC(=O)O[C@H](COC(=O)CCCCCCCCCCCCCC(C)C)COP(=O)(O)OCC(O)COP(=O)(O)OC[C@@H](COC(=O)CCCCCCCCCCC(C)C)OC(=O)CCCCCCCCCC(C)C. The second-order valence-electron chi connectivity index (χ2n) is 29.7. The van der Waals surface area contributed by atoms with Crippen molar-refractivity contribution in [3.05, 3.63) is 0 Å². The summed E-state index contributed by atoms with van der Waals surface area (Å²) < 4.78 is 68.5. The summed E-state index contributed by atoms with van der Waals surface area (Å²) in [6.07, 6.45) is 51.6. The number of hydrogen-bond donors (Lipinski definition) is 3. The predicted molar refractivity (Wildman–Crippen MR) is 391 cm³/mol. The maximum Gasteiger partial charge on any atom is 0.472 e. The van der Waals surface area contributed by atoms with E-state index in [0.717, 1.165) is 108 Å². The average Bonchev–Trinajstić information content (AvgIpc) is 1.41. The van der Waals surface area contributed by atoms with Gasteiger partial charge in [0, 0.05) is 25.7 Å². The first-order valence-corrected chi connectivity index (χ1v) is 42.7. The Bertz CT molecular complexity index is 1880. The smallest absolute Gasteiger partial charge is 0.462 e. The van der Waals surface area contributed by atoms with Gasteiger partial charge in [-0.25, -0.2) is 9.13 Å². The van der Waals surface area contributed by atoms with Crippen LogP contribution in [0.4, 0.5) is 0 Å².